The van der Waals surface area contributed by atoms with Crippen molar-refractivity contribution in [2.24, 2.45) is 0 Å². The molecule has 0 aromatic heterocycles. The fourth-order valence-corrected chi connectivity index (χ4v) is 2.51. The molecular formula is C22H35NO4. The van der Waals surface area contributed by atoms with Crippen LogP contribution in [0, 0.1) is 10.1 Å². The number of hydrogen-bond acceptors (Lipinski definition) is 3. The van der Waals surface area contributed by atoms with Crippen LogP contribution >= 0.6 is 0 Å². The van der Waals surface area contributed by atoms with Crippen LogP contribution in [0.15, 0.2) is 48.6 Å². The zero-order valence-corrected chi connectivity index (χ0v) is 16.6. The van der Waals surface area contributed by atoms with Crippen LogP contribution in [0.5, 0.6) is 0 Å². The van der Waals surface area contributed by atoms with E-state index >= 15 is 0 Å². The van der Waals surface area contributed by atoms with E-state index in [0.29, 0.717) is 19.3 Å². The van der Waals surface area contributed by atoms with Crippen LogP contribution in [0.4, 0.5) is 0 Å². The number of hydrogen-bond donors (Lipinski definition) is 1. The Bertz CT molecular complexity index is 506. The standard InChI is InChI=1S/C22H35NO4/c1-2-3-4-5-6-7-8-9-12-15-18-21(23(26)27)19-16-13-10-11-14-17-20-22(24)25/h3-4,6-7,9,12-13,16,21H,2,5,8,10-11,14-15,17-20H2,1H3,(H,24,25). The molecule has 5 nitrogen and oxygen atoms in total. The van der Waals surface area contributed by atoms with E-state index in [0.717, 1.165) is 44.9 Å². The molecule has 1 N–H and O–H groups in total. The zero-order valence-electron chi connectivity index (χ0n) is 16.6. The molecule has 0 aromatic carbocycles. The number of rotatable bonds is 17. The summed E-state index contributed by atoms with van der Waals surface area (Å²) in [6.45, 7) is 2.11. The maximum atomic E-state index is 11.1. The molecule has 0 bridgehead atoms. The van der Waals surface area contributed by atoms with Crippen molar-refractivity contribution in [3.63, 3.8) is 0 Å². The van der Waals surface area contributed by atoms with Crippen molar-refractivity contribution in [3.8, 4) is 0 Å². The van der Waals surface area contributed by atoms with Gasteiger partial charge in [0.1, 0.15) is 0 Å². The van der Waals surface area contributed by atoms with Crippen LogP contribution in [0.2, 0.25) is 0 Å². The van der Waals surface area contributed by atoms with Crippen LogP contribution in [-0.4, -0.2) is 22.0 Å². The van der Waals surface area contributed by atoms with Gasteiger partial charge in [-0.05, 0) is 44.9 Å². The van der Waals surface area contributed by atoms with Crippen LogP contribution in [0.25, 0.3) is 0 Å². The van der Waals surface area contributed by atoms with Gasteiger partial charge in [-0.25, -0.2) is 0 Å². The summed E-state index contributed by atoms with van der Waals surface area (Å²) in [4.78, 5) is 21.3. The Kier molecular flexibility index (Phi) is 17.1. The zero-order chi connectivity index (χ0) is 20.2. The monoisotopic (exact) mass is 377 g/mol. The number of allylic oxidation sites excluding steroid dienone is 7. The smallest absolute Gasteiger partial charge is 0.303 e. The minimum absolute atomic E-state index is 0.189. The second kappa shape index (κ2) is 18.6. The average molecular weight is 378 g/mol. The van der Waals surface area contributed by atoms with Gasteiger partial charge in [0.25, 0.3) is 0 Å². The molecular weight excluding hydrogens is 342 g/mol. The average Bonchev–Trinajstić information content (AvgIpc) is 2.63. The minimum atomic E-state index is -0.756. The molecule has 0 saturated carbocycles. The lowest BCUT2D eigenvalue weighted by Crippen LogP contribution is -2.18. The third-order valence-electron chi connectivity index (χ3n) is 4.08. The maximum Gasteiger partial charge on any atom is 0.303 e. The molecule has 0 saturated heterocycles. The van der Waals surface area contributed by atoms with Crippen LogP contribution in [0.3, 0.4) is 0 Å². The van der Waals surface area contributed by atoms with Gasteiger partial charge in [0, 0.05) is 24.2 Å². The number of carboxylic acid groups (broad SMARTS) is 1. The summed E-state index contributed by atoms with van der Waals surface area (Å²) in [7, 11) is 0. The Morgan fingerprint density at radius 3 is 2.19 bits per heavy atom. The first kappa shape index (κ1) is 24.8. The van der Waals surface area contributed by atoms with Crippen LogP contribution in [-0.2, 0) is 4.79 Å². The first-order chi connectivity index (χ1) is 13.1. The molecule has 0 aliphatic heterocycles. The van der Waals surface area contributed by atoms with Gasteiger partial charge in [0.05, 0.1) is 0 Å². The number of nitrogens with zero attached hydrogens (tertiary/aromatic N) is 1. The molecule has 0 amide bonds. The highest BCUT2D eigenvalue weighted by molar-refractivity contribution is 5.66. The van der Waals surface area contributed by atoms with Gasteiger partial charge in [-0.1, -0.05) is 62.0 Å². The Labute approximate surface area is 163 Å². The number of carboxylic acids is 1. The molecule has 1 atom stereocenters. The third-order valence-corrected chi connectivity index (χ3v) is 4.08. The van der Waals surface area contributed by atoms with Crippen molar-refractivity contribution in [1.29, 1.82) is 0 Å². The number of aliphatic carboxylic acids is 1. The second-order valence-corrected chi connectivity index (χ2v) is 6.51. The van der Waals surface area contributed by atoms with Crippen LogP contribution in [0.1, 0.15) is 77.6 Å². The van der Waals surface area contributed by atoms with E-state index in [1.807, 2.05) is 18.2 Å². The molecule has 0 aromatic rings. The lowest BCUT2D eigenvalue weighted by Gasteiger charge is -2.05. The Morgan fingerprint density at radius 1 is 0.926 bits per heavy atom. The lowest BCUT2D eigenvalue weighted by molar-refractivity contribution is -0.522. The minimum Gasteiger partial charge on any atom is -0.481 e. The molecule has 1 unspecified atom stereocenters. The number of unbranched alkanes of at least 4 members (excludes halogenated alkanes) is 3. The van der Waals surface area contributed by atoms with E-state index in [1.54, 1.807) is 0 Å². The van der Waals surface area contributed by atoms with E-state index in [1.165, 1.54) is 0 Å². The fraction of sp³-hybridized carbons (Fsp3) is 0.591. The normalized spacial score (nSPS) is 13.4. The molecule has 0 fully saturated rings. The van der Waals surface area contributed by atoms with Gasteiger partial charge in [-0.15, -0.1) is 0 Å². The topological polar surface area (TPSA) is 80.4 Å². The summed E-state index contributed by atoms with van der Waals surface area (Å²) >= 11 is 0. The molecule has 0 aliphatic rings. The largest absolute Gasteiger partial charge is 0.481 e. The Balaban J connectivity index is 3.85. The van der Waals surface area contributed by atoms with E-state index in [4.69, 9.17) is 5.11 Å². The first-order valence-corrected chi connectivity index (χ1v) is 10.0. The molecule has 152 valence electrons. The molecule has 5 heteroatoms. The van der Waals surface area contributed by atoms with Crippen molar-refractivity contribution in [3.05, 3.63) is 58.7 Å². The quantitative estimate of drug-likeness (QED) is 0.140. The fourth-order valence-electron chi connectivity index (χ4n) is 2.51. The third kappa shape index (κ3) is 18.4. The molecule has 27 heavy (non-hydrogen) atoms. The predicted molar refractivity (Wildman–Crippen MR) is 111 cm³/mol. The highest BCUT2D eigenvalue weighted by atomic mass is 16.6. The molecule has 0 aliphatic carbocycles. The van der Waals surface area contributed by atoms with E-state index < -0.39 is 12.0 Å². The van der Waals surface area contributed by atoms with Gasteiger partial charge >= 0.3 is 5.97 Å². The number of carbonyl (C=O) groups is 1. The summed E-state index contributed by atoms with van der Waals surface area (Å²) in [5.41, 5.74) is 0. The number of nitro groups is 1. The van der Waals surface area contributed by atoms with Gasteiger partial charge in [0.15, 0.2) is 0 Å². The van der Waals surface area contributed by atoms with Crippen molar-refractivity contribution in [1.82, 2.24) is 0 Å². The van der Waals surface area contributed by atoms with Crippen molar-refractivity contribution in [2.75, 3.05) is 0 Å². The summed E-state index contributed by atoms with van der Waals surface area (Å²) < 4.78 is 0. The van der Waals surface area contributed by atoms with Crippen molar-refractivity contribution >= 4 is 5.97 Å². The molecule has 0 spiro atoms. The summed E-state index contributed by atoms with van der Waals surface area (Å²) in [5.74, 6) is -0.756. The highest BCUT2D eigenvalue weighted by Crippen LogP contribution is 2.10. The van der Waals surface area contributed by atoms with Crippen molar-refractivity contribution < 1.29 is 14.8 Å². The summed E-state index contributed by atoms with van der Waals surface area (Å²) in [6.07, 6.45) is 24.7. The lowest BCUT2D eigenvalue weighted by atomic mass is 10.1. The SMILES string of the molecule is CCC=CCC=CCC=CCCC(CC=CCCCCCC(=O)O)[N+](=O)[O-]. The van der Waals surface area contributed by atoms with E-state index in [9.17, 15) is 14.9 Å². The van der Waals surface area contributed by atoms with Crippen LogP contribution < -0.4 is 0 Å². The highest BCUT2D eigenvalue weighted by Gasteiger charge is 2.16. The van der Waals surface area contributed by atoms with Gasteiger partial charge < -0.3 is 5.11 Å². The van der Waals surface area contributed by atoms with Gasteiger partial charge in [-0.3, -0.25) is 14.9 Å². The molecule has 0 heterocycles. The first-order valence-electron chi connectivity index (χ1n) is 10.0. The van der Waals surface area contributed by atoms with E-state index in [-0.39, 0.29) is 11.3 Å². The molecule has 0 radical (unpaired) electrons. The predicted octanol–water partition coefficient (Wildman–Crippen LogP) is 6.25. The second-order valence-electron chi connectivity index (χ2n) is 6.51. The van der Waals surface area contributed by atoms with Gasteiger partial charge in [0.2, 0.25) is 6.04 Å². The Hall–Kier alpha value is -2.17. The molecule has 0 rings (SSSR count). The van der Waals surface area contributed by atoms with E-state index in [2.05, 4.69) is 37.3 Å². The summed E-state index contributed by atoms with van der Waals surface area (Å²) in [5, 5.41) is 19.7. The van der Waals surface area contributed by atoms with Crippen molar-refractivity contribution in [2.45, 2.75) is 83.6 Å². The summed E-state index contributed by atoms with van der Waals surface area (Å²) in [6, 6.07) is -0.535. The van der Waals surface area contributed by atoms with Gasteiger partial charge in [-0.2, -0.15) is 0 Å². The maximum absolute atomic E-state index is 11.1. The Morgan fingerprint density at radius 2 is 1.56 bits per heavy atom.